The molecule has 0 heterocycles. The monoisotopic (exact) mass is 182 g/mol. The number of hydrogen-bond donors (Lipinski definition) is 0. The van der Waals surface area contributed by atoms with Crippen LogP contribution in [0, 0.1) is 0 Å². The first-order valence-electron chi connectivity index (χ1n) is 5.27. The second-order valence-corrected chi connectivity index (χ2v) is 10.5. The van der Waals surface area contributed by atoms with Crippen molar-refractivity contribution in [2.75, 3.05) is 0 Å². The SMILES string of the molecule is C[Si](C)(C)[C@H]1C=CCCCCC1. The molecule has 0 saturated heterocycles. The minimum absolute atomic E-state index is 0.898. The second-order valence-electron chi connectivity index (χ2n) is 5.04. The summed E-state index contributed by atoms with van der Waals surface area (Å²) >= 11 is 0. The maximum atomic E-state index is 2.51. The van der Waals surface area contributed by atoms with Crippen molar-refractivity contribution in [3.8, 4) is 0 Å². The lowest BCUT2D eigenvalue weighted by Crippen LogP contribution is -2.27. The molecule has 0 fully saturated rings. The Morgan fingerprint density at radius 3 is 2.50 bits per heavy atom. The normalized spacial score (nSPS) is 26.4. The first kappa shape index (κ1) is 10.0. The predicted octanol–water partition coefficient (Wildman–Crippen LogP) is 4.22. The van der Waals surface area contributed by atoms with E-state index < -0.39 is 8.07 Å². The Kier molecular flexibility index (Phi) is 3.57. The molecule has 12 heavy (non-hydrogen) atoms. The van der Waals surface area contributed by atoms with E-state index in [2.05, 4.69) is 31.8 Å². The van der Waals surface area contributed by atoms with E-state index >= 15 is 0 Å². The zero-order chi connectivity index (χ0) is 9.03. The van der Waals surface area contributed by atoms with Crippen LogP contribution in [-0.4, -0.2) is 8.07 Å². The zero-order valence-corrected chi connectivity index (χ0v) is 9.77. The minimum atomic E-state index is -0.898. The van der Waals surface area contributed by atoms with Crippen LogP contribution < -0.4 is 0 Å². The summed E-state index contributed by atoms with van der Waals surface area (Å²) in [6, 6.07) is 0. The Morgan fingerprint density at radius 2 is 1.83 bits per heavy atom. The fourth-order valence-corrected chi connectivity index (χ4v) is 3.67. The molecule has 70 valence electrons. The van der Waals surface area contributed by atoms with E-state index in [4.69, 9.17) is 0 Å². The molecule has 1 atom stereocenters. The lowest BCUT2D eigenvalue weighted by molar-refractivity contribution is 0.630. The third-order valence-corrected chi connectivity index (χ3v) is 5.57. The predicted molar refractivity (Wildman–Crippen MR) is 59.3 cm³/mol. The van der Waals surface area contributed by atoms with Crippen molar-refractivity contribution in [2.24, 2.45) is 0 Å². The molecule has 1 rings (SSSR count). The Morgan fingerprint density at radius 1 is 1.08 bits per heavy atom. The lowest BCUT2D eigenvalue weighted by atomic mass is 10.1. The molecule has 0 nitrogen and oxygen atoms in total. The zero-order valence-electron chi connectivity index (χ0n) is 8.77. The maximum absolute atomic E-state index is 2.51. The molecule has 0 aromatic heterocycles. The summed E-state index contributed by atoms with van der Waals surface area (Å²) in [4.78, 5) is 0. The van der Waals surface area contributed by atoms with Crippen LogP contribution in [0.1, 0.15) is 32.1 Å². The molecule has 0 N–H and O–H groups in total. The number of rotatable bonds is 1. The van der Waals surface area contributed by atoms with Gasteiger partial charge in [-0.15, -0.1) is 0 Å². The van der Waals surface area contributed by atoms with E-state index in [9.17, 15) is 0 Å². The topological polar surface area (TPSA) is 0 Å². The van der Waals surface area contributed by atoms with Gasteiger partial charge in [-0.1, -0.05) is 44.6 Å². The molecule has 0 saturated carbocycles. The van der Waals surface area contributed by atoms with Gasteiger partial charge in [0.15, 0.2) is 0 Å². The van der Waals surface area contributed by atoms with Crippen LogP contribution >= 0.6 is 0 Å². The Hall–Kier alpha value is -0.0431. The minimum Gasteiger partial charge on any atom is -0.0885 e. The maximum Gasteiger partial charge on any atom is 0.0513 e. The van der Waals surface area contributed by atoms with E-state index in [0.29, 0.717) is 0 Å². The molecule has 1 heteroatoms. The van der Waals surface area contributed by atoms with Crippen LogP contribution in [-0.2, 0) is 0 Å². The highest BCUT2D eigenvalue weighted by molar-refractivity contribution is 6.78. The van der Waals surface area contributed by atoms with Crippen LogP contribution in [0.2, 0.25) is 25.2 Å². The van der Waals surface area contributed by atoms with Crippen LogP contribution in [0.3, 0.4) is 0 Å². The molecule has 0 aromatic rings. The van der Waals surface area contributed by atoms with Gasteiger partial charge < -0.3 is 0 Å². The van der Waals surface area contributed by atoms with Gasteiger partial charge in [0.1, 0.15) is 0 Å². The second kappa shape index (κ2) is 4.27. The molecular formula is C11H22Si. The van der Waals surface area contributed by atoms with Gasteiger partial charge in [-0.25, -0.2) is 0 Å². The molecule has 1 aliphatic carbocycles. The Balaban J connectivity index is 2.55. The first-order chi connectivity index (χ1) is 5.61. The van der Waals surface area contributed by atoms with E-state index in [-0.39, 0.29) is 0 Å². The average Bonchev–Trinajstić information content (AvgIpc) is 1.81. The van der Waals surface area contributed by atoms with Crippen molar-refractivity contribution in [2.45, 2.75) is 57.3 Å². The van der Waals surface area contributed by atoms with E-state index in [0.717, 1.165) is 5.54 Å². The van der Waals surface area contributed by atoms with Crippen LogP contribution in [0.4, 0.5) is 0 Å². The molecular weight excluding hydrogens is 160 g/mol. The lowest BCUT2D eigenvalue weighted by Gasteiger charge is -2.27. The molecule has 0 aliphatic heterocycles. The summed E-state index contributed by atoms with van der Waals surface area (Å²) in [5.41, 5.74) is 0.942. The molecule has 0 unspecified atom stereocenters. The van der Waals surface area contributed by atoms with Crippen LogP contribution in [0.5, 0.6) is 0 Å². The highest BCUT2D eigenvalue weighted by atomic mass is 28.3. The van der Waals surface area contributed by atoms with E-state index in [1.807, 2.05) is 0 Å². The van der Waals surface area contributed by atoms with Gasteiger partial charge in [0, 0.05) is 0 Å². The molecule has 1 aliphatic rings. The smallest absolute Gasteiger partial charge is 0.0513 e. The van der Waals surface area contributed by atoms with Crippen LogP contribution in [0.25, 0.3) is 0 Å². The van der Waals surface area contributed by atoms with Gasteiger partial charge in [0.2, 0.25) is 0 Å². The molecule has 0 bridgehead atoms. The summed E-state index contributed by atoms with van der Waals surface area (Å²) < 4.78 is 0. The van der Waals surface area contributed by atoms with Gasteiger partial charge in [-0.05, 0) is 24.8 Å². The standard InChI is InChI=1S/C11H22Si/c1-12(2,3)11-9-7-5-4-6-8-10-11/h7,9,11H,4-6,8,10H2,1-3H3/t11-/m0/s1. The third-order valence-electron chi connectivity index (χ3n) is 2.87. The number of allylic oxidation sites excluding steroid dienone is 2. The summed E-state index contributed by atoms with van der Waals surface area (Å²) in [6.07, 6.45) is 12.0. The Bertz CT molecular complexity index is 153. The average molecular weight is 182 g/mol. The van der Waals surface area contributed by atoms with Gasteiger partial charge in [0.05, 0.1) is 8.07 Å². The Labute approximate surface area is 78.1 Å². The largest absolute Gasteiger partial charge is 0.0885 e. The van der Waals surface area contributed by atoms with Crippen molar-refractivity contribution < 1.29 is 0 Å². The van der Waals surface area contributed by atoms with Crippen molar-refractivity contribution in [1.82, 2.24) is 0 Å². The summed E-state index contributed by atoms with van der Waals surface area (Å²) in [5.74, 6) is 0. The highest BCUT2D eigenvalue weighted by Crippen LogP contribution is 2.30. The van der Waals surface area contributed by atoms with E-state index in [1.165, 1.54) is 32.1 Å². The van der Waals surface area contributed by atoms with Gasteiger partial charge in [-0.2, -0.15) is 0 Å². The highest BCUT2D eigenvalue weighted by Gasteiger charge is 2.23. The van der Waals surface area contributed by atoms with Gasteiger partial charge >= 0.3 is 0 Å². The van der Waals surface area contributed by atoms with Crippen molar-refractivity contribution in [3.05, 3.63) is 12.2 Å². The molecule has 0 radical (unpaired) electrons. The third kappa shape index (κ3) is 3.14. The van der Waals surface area contributed by atoms with E-state index in [1.54, 1.807) is 0 Å². The van der Waals surface area contributed by atoms with Crippen molar-refractivity contribution in [3.63, 3.8) is 0 Å². The quantitative estimate of drug-likeness (QED) is 0.421. The molecule has 0 amide bonds. The van der Waals surface area contributed by atoms with Crippen molar-refractivity contribution >= 4 is 8.07 Å². The van der Waals surface area contributed by atoms with Gasteiger partial charge in [0.25, 0.3) is 0 Å². The molecule has 0 spiro atoms. The van der Waals surface area contributed by atoms with Gasteiger partial charge in [-0.3, -0.25) is 0 Å². The van der Waals surface area contributed by atoms with Crippen molar-refractivity contribution in [1.29, 1.82) is 0 Å². The fraction of sp³-hybridized carbons (Fsp3) is 0.818. The summed E-state index contributed by atoms with van der Waals surface area (Å²) in [7, 11) is -0.898. The number of hydrogen-bond acceptors (Lipinski definition) is 0. The summed E-state index contributed by atoms with van der Waals surface area (Å²) in [6.45, 7) is 7.47. The van der Waals surface area contributed by atoms with Crippen LogP contribution in [0.15, 0.2) is 12.2 Å². The fourth-order valence-electron chi connectivity index (χ4n) is 1.88. The molecule has 0 aromatic carbocycles. The summed E-state index contributed by atoms with van der Waals surface area (Å²) in [5, 5.41) is 0. The first-order valence-corrected chi connectivity index (χ1v) is 8.85.